The van der Waals surface area contributed by atoms with E-state index in [4.69, 9.17) is 40.5 Å². The van der Waals surface area contributed by atoms with Crippen LogP contribution < -0.4 is 0 Å². The van der Waals surface area contributed by atoms with Crippen molar-refractivity contribution in [2.24, 2.45) is 23.7 Å². The molecule has 0 saturated carbocycles. The van der Waals surface area contributed by atoms with Gasteiger partial charge in [0.1, 0.15) is 0 Å². The molecule has 0 saturated heterocycles. The smallest absolute Gasteiger partial charge is 0.282 e. The number of allylic oxidation sites excluding steroid dienone is 4. The third kappa shape index (κ3) is 102. The Morgan fingerprint density at radius 1 is 0.508 bits per heavy atom. The summed E-state index contributed by atoms with van der Waals surface area (Å²) in [5, 5.41) is 7.97. The second-order valence-electron chi connectivity index (χ2n) is 25.7. The summed E-state index contributed by atoms with van der Waals surface area (Å²) in [6.07, 6.45) is 37.5. The van der Waals surface area contributed by atoms with Gasteiger partial charge >= 0.3 is 0 Å². The second-order valence-corrected chi connectivity index (χ2v) is 29.8. The molecule has 0 aliphatic heterocycles. The van der Waals surface area contributed by atoms with Gasteiger partial charge in [0, 0.05) is 419 Å². The molecule has 0 spiro atoms. The molecular weight excluding hydrogens is 2400 g/mol. The maximum absolute atomic E-state index is 5.21. The Labute approximate surface area is 1030 Å². The number of hydrogen-bond acceptors (Lipinski definition) is 12. The minimum absolute atomic E-state index is 0. The molecule has 5 heterocycles. The number of thiazole rings is 1. The number of ether oxygens (including phenoxy) is 4. The zero-order chi connectivity index (χ0) is 81.3. The number of aryl methyl sites for hydroxylation is 4. The minimum Gasteiger partial charge on any atom is -0.596 e. The van der Waals surface area contributed by atoms with E-state index in [1.165, 1.54) is 127 Å². The normalized spacial score (nSPS) is 11.6. The number of hydrogen-bond donors (Lipinski definition) is 0. The quantitative estimate of drug-likeness (QED) is 0.0125. The number of unbranched alkanes of at least 4 members (excludes halogenated alkanes) is 9. The fourth-order valence-corrected chi connectivity index (χ4v) is 12.5. The zero-order valence-corrected chi connectivity index (χ0v) is 112. The Bertz CT molecular complexity index is 2760. The summed E-state index contributed by atoms with van der Waals surface area (Å²) in [6.45, 7) is 56.1. The summed E-state index contributed by atoms with van der Waals surface area (Å²) >= 11 is 6.81. The van der Waals surface area contributed by atoms with Crippen LogP contribution in [0.15, 0.2) is 163 Å². The number of rotatable bonds is 36. The molecule has 0 amide bonds. The van der Waals surface area contributed by atoms with Crippen LogP contribution in [0.5, 0.6) is 0 Å². The third-order valence-electron chi connectivity index (χ3n) is 16.1. The van der Waals surface area contributed by atoms with E-state index >= 15 is 0 Å². The zero-order valence-electron chi connectivity index (χ0n) is 77.2. The van der Waals surface area contributed by atoms with Crippen LogP contribution >= 0.6 is 45.8 Å². The van der Waals surface area contributed by atoms with Crippen LogP contribution in [0.1, 0.15) is 257 Å². The maximum atomic E-state index is 5.21. The van der Waals surface area contributed by atoms with Gasteiger partial charge in [-0.25, -0.2) is 17.4 Å². The summed E-state index contributed by atoms with van der Waals surface area (Å²) in [4.78, 5) is 6.73. The van der Waals surface area contributed by atoms with Crippen LogP contribution in [-0.2, 0) is 429 Å². The van der Waals surface area contributed by atoms with E-state index in [2.05, 4.69) is 212 Å². The van der Waals surface area contributed by atoms with Gasteiger partial charge in [0.2, 0.25) is 0 Å². The minimum atomic E-state index is 0. The van der Waals surface area contributed by atoms with Crippen molar-refractivity contribution in [3.05, 3.63) is 263 Å². The monoisotopic (exact) mass is 2540 g/mol. The Morgan fingerprint density at radius 2 is 1.02 bits per heavy atom. The number of aromatic nitrogens is 1. The molecular formula is C96H145BNO7S4Y11-11. The van der Waals surface area contributed by atoms with Crippen molar-refractivity contribution < 1.29 is 392 Å². The van der Waals surface area contributed by atoms with Gasteiger partial charge in [-0.1, -0.05) is 228 Å². The summed E-state index contributed by atoms with van der Waals surface area (Å²) in [6, 6.07) is 46.0. The Hall–Kier alpha value is 7.09. The van der Waals surface area contributed by atoms with Gasteiger partial charge in [0.15, 0.2) is 0 Å². The molecule has 9 rings (SSSR count). The van der Waals surface area contributed by atoms with Crippen LogP contribution in [-0.4, -0.2) is 58.4 Å². The number of furan rings is 2. The van der Waals surface area contributed by atoms with Crippen LogP contribution in [0.4, 0.5) is 0 Å². The first-order valence-corrected chi connectivity index (χ1v) is 43.9. The van der Waals surface area contributed by atoms with Crippen molar-refractivity contribution in [1.82, 2.24) is 4.98 Å². The molecule has 13 radical (unpaired) electrons. The topological polar surface area (TPSA) is 85.3 Å². The number of thioether (sulfide) groups is 1. The molecule has 0 N–H and O–H groups in total. The van der Waals surface area contributed by atoms with Crippen LogP contribution in [0.3, 0.4) is 0 Å². The molecule has 120 heavy (non-hydrogen) atoms. The van der Waals surface area contributed by atoms with E-state index < -0.39 is 0 Å². The molecule has 0 bridgehead atoms. The average Bonchev–Trinajstić information content (AvgIpc) is 1.65. The van der Waals surface area contributed by atoms with E-state index in [0.717, 1.165) is 107 Å². The molecule has 24 heteroatoms. The van der Waals surface area contributed by atoms with Crippen molar-refractivity contribution in [2.45, 2.75) is 270 Å². The first-order chi connectivity index (χ1) is 53.1. The van der Waals surface area contributed by atoms with Gasteiger partial charge in [0.05, 0.1) is 0 Å². The molecule has 1 aliphatic carbocycles. The van der Waals surface area contributed by atoms with E-state index in [0.29, 0.717) is 43.5 Å². The Morgan fingerprint density at radius 3 is 1.46 bits per heavy atom. The van der Waals surface area contributed by atoms with Crippen LogP contribution in [0.25, 0.3) is 0 Å². The van der Waals surface area contributed by atoms with Crippen molar-refractivity contribution in [3.63, 3.8) is 0 Å². The molecule has 647 valence electrons. The standard InChI is InChI=1S/C12H21BO.C10H13.C9H11O.C9H11.C8H11O.C8H11S.C7H9O2.C7H9OS.C7H15.C7H13.C6H8NS2.C6H13O.11Y/c1-7(2)12-10(5)8(3)9(4)11(12)6-14-13;1-2-3-7-10-8-5-4-6-9-10;1-2-10-8-9-6-4-3-5-7-9;1-3-9-6-4-8(2)5-7-9;2*1-2-3-5-8-6-4-7-9-8;2*1-2-8-6-7-4-3-5-9-7;2*1-3-5-7-6-4-2;1-2-4-8-6-7-3-5-9-6;1-3-5-6-7-4-2;;;;;;;;;;;/h7,9,11-12H,6H2,1-5H3;4-5,8-9H,2-3,7H2,1H3;3-4,6-7H,2,8H2,1H3;4-7H,1,3H2,2H3;2*4,6H,2-3,5H2,1H3;2*3-4H,2,6H2,1H3;1,3-7H2,2H3;6-7H,1,3-5H2,2H3;5H,2,4H2,1H3;1,3-6H2,2H3;;;;;;;;;;;/q;11*-1;;;;;;;;;;;/b;;;;;;;;;7-6-;;;;;;;;;;;;;. The number of thiophene rings is 2. The average molecular weight is 2540 g/mol. The summed E-state index contributed by atoms with van der Waals surface area (Å²) < 4.78 is 36.3. The predicted octanol–water partition coefficient (Wildman–Crippen LogP) is 28.6. The molecule has 1 aliphatic rings. The van der Waals surface area contributed by atoms with E-state index in [9.17, 15) is 0 Å². The molecule has 3 aromatic carbocycles. The first kappa shape index (κ1) is 158. The van der Waals surface area contributed by atoms with Gasteiger partial charge in [-0.15, -0.1) is 44.4 Å². The van der Waals surface area contributed by atoms with Gasteiger partial charge < -0.3 is 76.5 Å². The van der Waals surface area contributed by atoms with E-state index in [-0.39, 0.29) is 360 Å². The second kappa shape index (κ2) is 126. The summed E-state index contributed by atoms with van der Waals surface area (Å²) in [7, 11) is 5.21. The predicted molar refractivity (Wildman–Crippen MR) is 476 cm³/mol. The van der Waals surface area contributed by atoms with E-state index in [1.54, 1.807) is 57.4 Å². The molecule has 0 fully saturated rings. The van der Waals surface area contributed by atoms with Gasteiger partial charge in [0.25, 0.3) is 8.05 Å². The fourth-order valence-electron chi connectivity index (χ4n) is 9.80. The molecule has 3 atom stereocenters. The van der Waals surface area contributed by atoms with Crippen molar-refractivity contribution in [3.8, 4) is 0 Å². The van der Waals surface area contributed by atoms with Gasteiger partial charge in [-0.2, -0.15) is 134 Å². The van der Waals surface area contributed by atoms with E-state index in [1.807, 2.05) is 106 Å². The van der Waals surface area contributed by atoms with Gasteiger partial charge in [-0.3, -0.25) is 11.3 Å². The van der Waals surface area contributed by atoms with Crippen molar-refractivity contribution in [1.29, 1.82) is 0 Å². The fraction of sp³-hybridized carbons (Fsp3) is 0.531. The molecule has 8 aromatic rings. The SMILES string of the molecule is CCCCc1c[c-]ccc1.CCCCc1cc[c-]o1.CCCCc1cc[c-]s1.CCCSc1n[c-]cs1.CCOCc1c[c-]ccc1.CCOCc1cc[c-]o1.CCOCc1cc[c-]s1.[B]OCC1C(C)C(C)=C(C)C1C(C)C.[CH2-]CC/C=C\CC.[CH2-]CCCCCC.[CH2-]CCCOCC.[CH2-]Cc1ccc(C)cc1.[Y].[Y].[Y].[Y].[Y].[Y].[Y].[Y].[Y].[Y].[Y]. The largest absolute Gasteiger partial charge is 0.596 e. The third-order valence-corrected chi connectivity index (χ3v) is 19.9. The molecule has 8 nitrogen and oxygen atoms in total. The Kier molecular flexibility index (Phi) is 166. The molecule has 3 unspecified atom stereocenters. The van der Waals surface area contributed by atoms with Crippen LogP contribution in [0, 0.1) is 99.9 Å². The summed E-state index contributed by atoms with van der Waals surface area (Å²) in [5.41, 5.74) is 8.29. The first-order valence-electron chi connectivity index (χ1n) is 40.4. The molecule has 5 aromatic heterocycles. The van der Waals surface area contributed by atoms with Crippen molar-refractivity contribution >= 4 is 53.8 Å². The Balaban J connectivity index is -0.0000000848. The summed E-state index contributed by atoms with van der Waals surface area (Å²) in [5.74, 6) is 5.56. The number of nitrogens with zero attached hydrogens (tertiary/aromatic N) is 1. The van der Waals surface area contributed by atoms with Crippen molar-refractivity contribution in [2.75, 3.05) is 45.4 Å². The maximum Gasteiger partial charge on any atom is 0.282 e. The van der Waals surface area contributed by atoms with Crippen LogP contribution in [0.2, 0.25) is 0 Å². The number of benzene rings is 3. The van der Waals surface area contributed by atoms with Gasteiger partial charge in [-0.05, 0) is 113 Å².